The summed E-state index contributed by atoms with van der Waals surface area (Å²) < 4.78 is 48.1. The maximum absolute atomic E-state index is 14.6. The number of fused-ring (bicyclic) bond motifs is 7. The molecule has 0 unspecified atom stereocenters. The molecule has 8 aromatic carbocycles. The Hall–Kier alpha value is -8.03. The minimum Gasteiger partial charge on any atom is -0.294 e. The second-order valence-electron chi connectivity index (χ2n) is 21.6. The first-order chi connectivity index (χ1) is 35.0. The van der Waals surface area contributed by atoms with Crippen LogP contribution in [0.3, 0.4) is 0 Å². The average molecular weight is 961 g/mol. The molecular formula is C66H55F3N4. The third-order valence-electron chi connectivity index (χ3n) is 15.4. The van der Waals surface area contributed by atoms with Gasteiger partial charge in [0.1, 0.15) is 11.6 Å². The van der Waals surface area contributed by atoms with Gasteiger partial charge in [-0.1, -0.05) is 155 Å². The predicted molar refractivity (Wildman–Crippen MR) is 294 cm³/mol. The number of alkyl halides is 3. The van der Waals surface area contributed by atoms with Crippen molar-refractivity contribution < 1.29 is 13.2 Å². The molecule has 0 saturated heterocycles. The van der Waals surface area contributed by atoms with Crippen molar-refractivity contribution in [1.82, 2.24) is 19.1 Å². The number of nitrogens with zero attached hydrogens (tertiary/aromatic N) is 4. The molecule has 0 N–H and O–H groups in total. The lowest BCUT2D eigenvalue weighted by Gasteiger charge is -2.29. The third kappa shape index (κ3) is 7.58. The van der Waals surface area contributed by atoms with Crippen molar-refractivity contribution in [2.24, 2.45) is 0 Å². The van der Waals surface area contributed by atoms with Crippen molar-refractivity contribution in [2.75, 3.05) is 0 Å². The van der Waals surface area contributed by atoms with E-state index < -0.39 is 11.7 Å². The van der Waals surface area contributed by atoms with Crippen molar-refractivity contribution >= 4 is 32.8 Å². The zero-order valence-electron chi connectivity index (χ0n) is 42.4. The lowest BCUT2D eigenvalue weighted by molar-refractivity contribution is -0.137. The second kappa shape index (κ2) is 16.8. The average Bonchev–Trinajstić information content (AvgIpc) is 4.05. The van der Waals surface area contributed by atoms with Crippen LogP contribution in [-0.4, -0.2) is 19.1 Å². The van der Waals surface area contributed by atoms with E-state index in [1.807, 2.05) is 29.0 Å². The number of hydrogen-bond donors (Lipinski definition) is 0. The fourth-order valence-electron chi connectivity index (χ4n) is 11.8. The lowest BCUT2D eigenvalue weighted by atomic mass is 9.74. The first-order valence-electron chi connectivity index (χ1n) is 25.1. The van der Waals surface area contributed by atoms with E-state index in [0.717, 1.165) is 67.1 Å². The van der Waals surface area contributed by atoms with E-state index >= 15 is 0 Å². The first kappa shape index (κ1) is 46.1. The van der Waals surface area contributed by atoms with Gasteiger partial charge in [0.2, 0.25) is 0 Å². The molecule has 0 spiro atoms. The van der Waals surface area contributed by atoms with Crippen molar-refractivity contribution in [2.45, 2.75) is 78.8 Å². The molecular weight excluding hydrogens is 906 g/mol. The number of para-hydroxylation sites is 1. The number of halogens is 3. The fraction of sp³-hybridized carbons (Fsp3) is 0.182. The van der Waals surface area contributed by atoms with Gasteiger partial charge in [0.15, 0.2) is 0 Å². The molecule has 73 heavy (non-hydrogen) atoms. The number of rotatable bonds is 7. The highest BCUT2D eigenvalue weighted by atomic mass is 19.4. The summed E-state index contributed by atoms with van der Waals surface area (Å²) in [6.07, 6.45) is -1.98. The highest BCUT2D eigenvalue weighted by Crippen LogP contribution is 2.50. The Morgan fingerprint density at radius 3 is 1.99 bits per heavy atom. The second-order valence-corrected chi connectivity index (χ2v) is 21.6. The smallest absolute Gasteiger partial charge is 0.294 e. The number of hydrogen-bond acceptors (Lipinski definition) is 2. The van der Waals surface area contributed by atoms with Gasteiger partial charge < -0.3 is 0 Å². The quantitative estimate of drug-likeness (QED) is 0.160. The van der Waals surface area contributed by atoms with Crippen LogP contribution in [0.4, 0.5) is 13.2 Å². The van der Waals surface area contributed by atoms with Crippen LogP contribution >= 0.6 is 0 Å². The molecule has 1 aliphatic carbocycles. The number of pyridine rings is 1. The summed E-state index contributed by atoms with van der Waals surface area (Å²) in [7, 11) is 0. The summed E-state index contributed by atoms with van der Waals surface area (Å²) in [5.74, 6) is 1.41. The molecule has 4 nitrogen and oxygen atoms in total. The SMILES string of the molecule is Cc1cc(C)c(-c2ccc3c(c2)c2ccc(-c4cccc5c4nc(-c4ccc(C(C)(C)c6ccccc6)c6c4Cc4ccccc4-6)n5-c4cccc(C(F)(F)F)c4)cc2n3-c2cc(C(C)(C)C)ccn2)c(C)c1. The Kier molecular flexibility index (Phi) is 10.6. The van der Waals surface area contributed by atoms with Gasteiger partial charge in [-0.3, -0.25) is 9.13 Å². The summed E-state index contributed by atoms with van der Waals surface area (Å²) in [5.41, 5.74) is 19.6. The van der Waals surface area contributed by atoms with E-state index in [4.69, 9.17) is 9.97 Å². The Morgan fingerprint density at radius 1 is 0.507 bits per heavy atom. The molecule has 1 aliphatic rings. The number of aryl methyl sites for hydroxylation is 3. The molecule has 12 rings (SSSR count). The lowest BCUT2D eigenvalue weighted by Crippen LogP contribution is -2.20. The topological polar surface area (TPSA) is 35.6 Å². The molecule has 0 aliphatic heterocycles. The Balaban J connectivity index is 1.11. The molecule has 7 heteroatoms. The normalized spacial score (nSPS) is 12.8. The number of imidazole rings is 1. The first-order valence-corrected chi connectivity index (χ1v) is 25.1. The molecule has 11 aromatic rings. The summed E-state index contributed by atoms with van der Waals surface area (Å²) in [4.78, 5) is 10.6. The molecule has 3 heterocycles. The van der Waals surface area contributed by atoms with Crippen LogP contribution in [0.25, 0.3) is 89.1 Å². The van der Waals surface area contributed by atoms with Crippen molar-refractivity contribution in [3.63, 3.8) is 0 Å². The Labute approximate surface area is 424 Å². The van der Waals surface area contributed by atoms with Crippen molar-refractivity contribution in [3.05, 3.63) is 226 Å². The van der Waals surface area contributed by atoms with E-state index in [0.29, 0.717) is 29.0 Å². The van der Waals surface area contributed by atoms with Crippen LogP contribution in [-0.2, 0) is 23.4 Å². The summed E-state index contributed by atoms with van der Waals surface area (Å²) >= 11 is 0. The minimum atomic E-state index is -4.54. The molecule has 0 fully saturated rings. The van der Waals surface area contributed by atoms with E-state index in [2.05, 4.69) is 187 Å². The van der Waals surface area contributed by atoms with E-state index in [9.17, 15) is 13.2 Å². The zero-order chi connectivity index (χ0) is 50.7. The van der Waals surface area contributed by atoms with Crippen LogP contribution in [0.15, 0.2) is 176 Å². The third-order valence-corrected chi connectivity index (χ3v) is 15.4. The number of aromatic nitrogens is 4. The standard InChI is InChI=1S/C66H55F3N4/c1-39-32-40(2)60(41(3)33-39)44-25-29-56-53(35-44)51-26-24-43(36-58(51)73(56)59-38-46(30-31-70-59)64(4,5)6)50-22-15-23-57-62(50)71-63(72(57)48-20-14-19-47(37-48)66(67,68)69)52-27-28-55(65(7,8)45-17-10-9-11-18-45)61-49-21-13-12-16-42(49)34-54(52)61/h9-33,35-38H,34H2,1-8H3. The van der Waals surface area contributed by atoms with Crippen LogP contribution < -0.4 is 0 Å². The van der Waals surface area contributed by atoms with Crippen molar-refractivity contribution in [3.8, 4) is 56.3 Å². The fourth-order valence-corrected chi connectivity index (χ4v) is 11.8. The number of benzene rings is 8. The van der Waals surface area contributed by atoms with E-state index in [1.165, 1.54) is 62.2 Å². The van der Waals surface area contributed by atoms with Gasteiger partial charge >= 0.3 is 6.18 Å². The zero-order valence-corrected chi connectivity index (χ0v) is 42.4. The maximum atomic E-state index is 14.6. The van der Waals surface area contributed by atoms with Gasteiger partial charge in [-0.25, -0.2) is 9.97 Å². The Bertz CT molecular complexity index is 4010. The van der Waals surface area contributed by atoms with Gasteiger partial charge in [0, 0.05) is 39.2 Å². The van der Waals surface area contributed by atoms with Crippen LogP contribution in [0.5, 0.6) is 0 Å². The summed E-state index contributed by atoms with van der Waals surface area (Å²) in [6, 6.07) is 57.3. The van der Waals surface area contributed by atoms with Gasteiger partial charge in [0.05, 0.1) is 27.6 Å². The molecule has 0 atom stereocenters. The van der Waals surface area contributed by atoms with Crippen molar-refractivity contribution in [1.29, 1.82) is 0 Å². The predicted octanol–water partition coefficient (Wildman–Crippen LogP) is 17.7. The van der Waals surface area contributed by atoms with Crippen LogP contribution in [0.2, 0.25) is 0 Å². The summed E-state index contributed by atoms with van der Waals surface area (Å²) in [5, 5.41) is 2.20. The van der Waals surface area contributed by atoms with Crippen LogP contribution in [0, 0.1) is 20.8 Å². The van der Waals surface area contributed by atoms with Gasteiger partial charge in [-0.15, -0.1) is 0 Å². The molecule has 3 aromatic heterocycles. The van der Waals surface area contributed by atoms with E-state index in [-0.39, 0.29) is 10.8 Å². The highest BCUT2D eigenvalue weighted by molar-refractivity contribution is 6.12. The molecule has 0 saturated carbocycles. The van der Waals surface area contributed by atoms with Gasteiger partial charge in [-0.05, 0) is 154 Å². The monoisotopic (exact) mass is 960 g/mol. The largest absolute Gasteiger partial charge is 0.416 e. The molecule has 0 radical (unpaired) electrons. The maximum Gasteiger partial charge on any atom is 0.416 e. The highest BCUT2D eigenvalue weighted by Gasteiger charge is 2.35. The van der Waals surface area contributed by atoms with Gasteiger partial charge in [-0.2, -0.15) is 13.2 Å². The Morgan fingerprint density at radius 2 is 1.22 bits per heavy atom. The molecule has 0 bridgehead atoms. The summed E-state index contributed by atoms with van der Waals surface area (Å²) in [6.45, 7) is 17.7. The minimum absolute atomic E-state index is 0.109. The van der Waals surface area contributed by atoms with Gasteiger partial charge in [0.25, 0.3) is 0 Å². The molecule has 0 amide bonds. The van der Waals surface area contributed by atoms with Crippen LogP contribution in [0.1, 0.15) is 84.7 Å². The molecule has 360 valence electrons. The van der Waals surface area contributed by atoms with E-state index in [1.54, 1.807) is 6.07 Å².